The quantitative estimate of drug-likeness (QED) is 0.480. The van der Waals surface area contributed by atoms with E-state index in [9.17, 15) is 4.79 Å². The average molecular weight is 421 g/mol. The average Bonchev–Trinajstić information content (AvgIpc) is 3.23. The van der Waals surface area contributed by atoms with Crippen LogP contribution in [0.2, 0.25) is 5.02 Å². The van der Waals surface area contributed by atoms with Gasteiger partial charge in [0, 0.05) is 41.1 Å². The van der Waals surface area contributed by atoms with E-state index in [1.807, 2.05) is 48.5 Å². The molecule has 2 heterocycles. The molecule has 0 aliphatic carbocycles. The zero-order chi connectivity index (χ0) is 20.9. The van der Waals surface area contributed by atoms with Gasteiger partial charge < -0.3 is 14.6 Å². The highest BCUT2D eigenvalue weighted by atomic mass is 35.5. The Morgan fingerprint density at radius 2 is 1.73 bits per heavy atom. The van der Waals surface area contributed by atoms with Crippen molar-refractivity contribution in [1.82, 2.24) is 0 Å². The maximum atomic E-state index is 12.3. The summed E-state index contributed by atoms with van der Waals surface area (Å²) in [4.78, 5) is 14.7. The van der Waals surface area contributed by atoms with Crippen molar-refractivity contribution in [1.29, 1.82) is 0 Å². The first-order valence-electron chi connectivity index (χ1n) is 10.3. The first-order chi connectivity index (χ1) is 14.6. The molecule has 0 atom stereocenters. The van der Waals surface area contributed by atoms with Crippen LogP contribution in [0.1, 0.15) is 25.5 Å². The molecule has 1 aliphatic rings. The smallest absolute Gasteiger partial charge is 0.248 e. The predicted octanol–water partition coefficient (Wildman–Crippen LogP) is 6.49. The minimum Gasteiger partial charge on any atom is -0.457 e. The number of carbonyl (C=O) groups excluding carboxylic acids is 1. The van der Waals surface area contributed by atoms with Gasteiger partial charge in [-0.3, -0.25) is 4.79 Å². The fourth-order valence-electron chi connectivity index (χ4n) is 3.58. The van der Waals surface area contributed by atoms with Gasteiger partial charge in [-0.2, -0.15) is 0 Å². The second-order valence-electron chi connectivity index (χ2n) is 7.75. The molecule has 4 nitrogen and oxygen atoms in total. The molecule has 1 aliphatic heterocycles. The fourth-order valence-corrected chi connectivity index (χ4v) is 3.70. The van der Waals surface area contributed by atoms with Crippen LogP contribution in [0.15, 0.2) is 71.2 Å². The van der Waals surface area contributed by atoms with Crippen molar-refractivity contribution in [3.05, 3.63) is 77.5 Å². The molecule has 0 unspecified atom stereocenters. The number of hydrogen-bond acceptors (Lipinski definition) is 3. The van der Waals surface area contributed by atoms with E-state index in [4.69, 9.17) is 16.0 Å². The summed E-state index contributed by atoms with van der Waals surface area (Å²) in [6.07, 6.45) is 5.61. The van der Waals surface area contributed by atoms with Gasteiger partial charge in [0.05, 0.1) is 0 Å². The first kappa shape index (κ1) is 20.3. The van der Waals surface area contributed by atoms with Crippen molar-refractivity contribution >= 4 is 35.0 Å². The second kappa shape index (κ2) is 9.23. The Morgan fingerprint density at radius 3 is 2.43 bits per heavy atom. The van der Waals surface area contributed by atoms with Gasteiger partial charge in [0.1, 0.15) is 11.5 Å². The Labute approximate surface area is 182 Å². The van der Waals surface area contributed by atoms with Crippen LogP contribution in [-0.4, -0.2) is 19.0 Å². The molecule has 0 spiro atoms. The van der Waals surface area contributed by atoms with Gasteiger partial charge in [-0.05, 0) is 85.5 Å². The molecule has 0 bridgehead atoms. The largest absolute Gasteiger partial charge is 0.457 e. The van der Waals surface area contributed by atoms with Crippen LogP contribution in [0.25, 0.3) is 17.4 Å². The summed E-state index contributed by atoms with van der Waals surface area (Å²) in [6.45, 7) is 4.50. The van der Waals surface area contributed by atoms with Crippen molar-refractivity contribution in [3.8, 4) is 11.3 Å². The molecule has 2 aromatic carbocycles. The van der Waals surface area contributed by atoms with E-state index in [-0.39, 0.29) is 5.91 Å². The Balaban J connectivity index is 1.33. The van der Waals surface area contributed by atoms with Crippen LogP contribution in [0.4, 0.5) is 11.4 Å². The van der Waals surface area contributed by atoms with Gasteiger partial charge in [-0.25, -0.2) is 0 Å². The molecule has 1 saturated heterocycles. The monoisotopic (exact) mass is 420 g/mol. The zero-order valence-electron chi connectivity index (χ0n) is 17.0. The van der Waals surface area contributed by atoms with Gasteiger partial charge in [-0.1, -0.05) is 18.5 Å². The summed E-state index contributed by atoms with van der Waals surface area (Å²) < 4.78 is 5.79. The molecule has 5 heteroatoms. The molecule has 0 radical (unpaired) electrons. The first-order valence-corrected chi connectivity index (χ1v) is 10.6. The number of carbonyl (C=O) groups is 1. The van der Waals surface area contributed by atoms with E-state index in [0.717, 1.165) is 36.0 Å². The molecule has 1 aromatic heterocycles. The van der Waals surface area contributed by atoms with Crippen LogP contribution in [0, 0.1) is 5.92 Å². The van der Waals surface area contributed by atoms with E-state index in [1.165, 1.54) is 24.6 Å². The topological polar surface area (TPSA) is 45.5 Å². The maximum absolute atomic E-state index is 12.3. The number of anilines is 2. The standard InChI is InChI=1S/C25H25ClN2O2/c1-18-14-16-28(17-15-18)22-8-6-21(7-9-22)27-25(29)13-11-23-10-12-24(30-23)19-2-4-20(26)5-3-19/h2-13,18H,14-17H2,1H3,(H,27,29)/b13-11+. The molecular formula is C25H25ClN2O2. The highest BCUT2D eigenvalue weighted by Gasteiger charge is 2.15. The lowest BCUT2D eigenvalue weighted by molar-refractivity contribution is -0.111. The Hall–Kier alpha value is -2.98. The highest BCUT2D eigenvalue weighted by molar-refractivity contribution is 6.30. The molecule has 1 N–H and O–H groups in total. The Morgan fingerprint density at radius 1 is 1.03 bits per heavy atom. The summed E-state index contributed by atoms with van der Waals surface area (Å²) in [7, 11) is 0. The third-order valence-electron chi connectivity index (χ3n) is 5.44. The van der Waals surface area contributed by atoms with Crippen molar-refractivity contribution in [2.45, 2.75) is 19.8 Å². The highest BCUT2D eigenvalue weighted by Crippen LogP contribution is 2.25. The minimum absolute atomic E-state index is 0.195. The fraction of sp³-hybridized carbons (Fsp3) is 0.240. The molecule has 30 heavy (non-hydrogen) atoms. The number of halogens is 1. The van der Waals surface area contributed by atoms with Crippen LogP contribution in [-0.2, 0) is 4.79 Å². The van der Waals surface area contributed by atoms with Gasteiger partial charge in [0.15, 0.2) is 0 Å². The van der Waals surface area contributed by atoms with Gasteiger partial charge >= 0.3 is 0 Å². The third-order valence-corrected chi connectivity index (χ3v) is 5.69. The summed E-state index contributed by atoms with van der Waals surface area (Å²) in [5, 5.41) is 3.57. The van der Waals surface area contributed by atoms with E-state index in [2.05, 4.69) is 29.3 Å². The number of nitrogens with zero attached hydrogens (tertiary/aromatic N) is 1. The van der Waals surface area contributed by atoms with Crippen molar-refractivity contribution in [2.24, 2.45) is 5.92 Å². The number of amides is 1. The van der Waals surface area contributed by atoms with Gasteiger partial charge in [0.2, 0.25) is 5.91 Å². The lowest BCUT2D eigenvalue weighted by atomic mass is 9.99. The molecule has 0 saturated carbocycles. The summed E-state index contributed by atoms with van der Waals surface area (Å²) in [6, 6.07) is 19.2. The number of hydrogen-bond donors (Lipinski definition) is 1. The lowest BCUT2D eigenvalue weighted by Crippen LogP contribution is -2.32. The number of piperidine rings is 1. The lowest BCUT2D eigenvalue weighted by Gasteiger charge is -2.32. The number of rotatable bonds is 5. The second-order valence-corrected chi connectivity index (χ2v) is 8.18. The Kier molecular flexibility index (Phi) is 6.24. The summed E-state index contributed by atoms with van der Waals surface area (Å²) in [5.41, 5.74) is 2.92. The van der Waals surface area contributed by atoms with E-state index < -0.39 is 0 Å². The van der Waals surface area contributed by atoms with Crippen molar-refractivity contribution < 1.29 is 9.21 Å². The van der Waals surface area contributed by atoms with Crippen LogP contribution in [0.5, 0.6) is 0 Å². The summed E-state index contributed by atoms with van der Waals surface area (Å²) >= 11 is 5.92. The molecular weight excluding hydrogens is 396 g/mol. The number of nitrogens with one attached hydrogen (secondary N) is 1. The third kappa shape index (κ3) is 5.14. The van der Waals surface area contributed by atoms with E-state index in [1.54, 1.807) is 6.08 Å². The SMILES string of the molecule is CC1CCN(c2ccc(NC(=O)/C=C/c3ccc(-c4ccc(Cl)cc4)o3)cc2)CC1. The normalized spacial score (nSPS) is 14.9. The van der Waals surface area contributed by atoms with E-state index in [0.29, 0.717) is 10.8 Å². The van der Waals surface area contributed by atoms with E-state index >= 15 is 0 Å². The number of furan rings is 1. The van der Waals surface area contributed by atoms with Crippen molar-refractivity contribution in [2.75, 3.05) is 23.3 Å². The maximum Gasteiger partial charge on any atom is 0.248 e. The van der Waals surface area contributed by atoms with Gasteiger partial charge in [-0.15, -0.1) is 0 Å². The minimum atomic E-state index is -0.195. The van der Waals surface area contributed by atoms with Gasteiger partial charge in [0.25, 0.3) is 0 Å². The predicted molar refractivity (Wildman–Crippen MR) is 124 cm³/mol. The molecule has 1 amide bonds. The van der Waals surface area contributed by atoms with Crippen molar-refractivity contribution in [3.63, 3.8) is 0 Å². The molecule has 154 valence electrons. The van der Waals surface area contributed by atoms with Crippen LogP contribution < -0.4 is 10.2 Å². The summed E-state index contributed by atoms with van der Waals surface area (Å²) in [5.74, 6) is 1.96. The zero-order valence-corrected chi connectivity index (χ0v) is 17.7. The molecule has 3 aromatic rings. The van der Waals surface area contributed by atoms with Crippen LogP contribution >= 0.6 is 11.6 Å². The number of benzene rings is 2. The Bertz CT molecular complexity index is 1010. The molecule has 4 rings (SSSR count). The molecule has 1 fully saturated rings. The van der Waals surface area contributed by atoms with Crippen LogP contribution in [0.3, 0.4) is 0 Å².